The number of likely N-dealkylation sites (tertiary alicyclic amines) is 1. The van der Waals surface area contributed by atoms with Gasteiger partial charge in [-0.05, 0) is 56.2 Å². The first kappa shape index (κ1) is 19.6. The maximum Gasteiger partial charge on any atom is 0.267 e. The molecule has 0 bridgehead atoms. The van der Waals surface area contributed by atoms with Crippen LogP contribution in [0.25, 0.3) is 10.6 Å². The molecule has 1 aliphatic heterocycles. The molecular formula is C21H25N5O2S. The Morgan fingerprint density at radius 1 is 1.31 bits per heavy atom. The molecule has 4 rings (SSSR count). The Morgan fingerprint density at radius 3 is 2.90 bits per heavy atom. The Hall–Kier alpha value is -2.74. The highest BCUT2D eigenvalue weighted by Crippen LogP contribution is 2.24. The Labute approximate surface area is 173 Å². The lowest BCUT2D eigenvalue weighted by Crippen LogP contribution is -2.43. The van der Waals surface area contributed by atoms with Crippen molar-refractivity contribution in [1.29, 1.82) is 0 Å². The van der Waals surface area contributed by atoms with Crippen molar-refractivity contribution in [1.82, 2.24) is 24.9 Å². The molecule has 1 N–H and O–H groups in total. The Balaban J connectivity index is 1.46. The lowest BCUT2D eigenvalue weighted by atomic mass is 10.0. The molecule has 3 aromatic heterocycles. The van der Waals surface area contributed by atoms with Gasteiger partial charge in [0.05, 0.1) is 16.6 Å². The molecule has 152 valence electrons. The van der Waals surface area contributed by atoms with Crippen LogP contribution in [0.5, 0.6) is 0 Å². The molecule has 0 unspecified atom stereocenters. The van der Waals surface area contributed by atoms with Gasteiger partial charge in [0.25, 0.3) is 5.56 Å². The van der Waals surface area contributed by atoms with Crippen LogP contribution in [0.4, 0.5) is 0 Å². The second-order valence-corrected chi connectivity index (χ2v) is 8.47. The van der Waals surface area contributed by atoms with Crippen LogP contribution >= 0.6 is 11.3 Å². The number of piperidine rings is 1. The zero-order valence-corrected chi connectivity index (χ0v) is 17.5. The molecule has 8 heteroatoms. The Bertz CT molecular complexity index is 1030. The summed E-state index contributed by atoms with van der Waals surface area (Å²) in [5.74, 6) is 0.122. The van der Waals surface area contributed by atoms with Crippen LogP contribution in [0.3, 0.4) is 0 Å². The fourth-order valence-electron chi connectivity index (χ4n) is 3.96. The minimum atomic E-state index is -0.116. The fourth-order valence-corrected chi connectivity index (χ4v) is 4.65. The molecule has 1 fully saturated rings. The zero-order chi connectivity index (χ0) is 20.4. The summed E-state index contributed by atoms with van der Waals surface area (Å²) in [6.45, 7) is 5.20. The van der Waals surface area contributed by atoms with Gasteiger partial charge in [0.1, 0.15) is 5.69 Å². The first-order valence-corrected chi connectivity index (χ1v) is 10.8. The van der Waals surface area contributed by atoms with Gasteiger partial charge in [-0.25, -0.2) is 4.68 Å². The summed E-state index contributed by atoms with van der Waals surface area (Å²) in [5, 5.41) is 13.8. The van der Waals surface area contributed by atoms with Crippen molar-refractivity contribution in [2.45, 2.75) is 45.6 Å². The molecule has 1 amide bonds. The van der Waals surface area contributed by atoms with Crippen molar-refractivity contribution in [2.24, 2.45) is 0 Å². The third-order valence-electron chi connectivity index (χ3n) is 5.56. The smallest absolute Gasteiger partial charge is 0.267 e. The van der Waals surface area contributed by atoms with Gasteiger partial charge in [0.15, 0.2) is 0 Å². The number of carbonyl (C=O) groups excluding carboxylic acids is 1. The van der Waals surface area contributed by atoms with E-state index in [0.29, 0.717) is 19.4 Å². The Kier molecular flexibility index (Phi) is 5.62. The van der Waals surface area contributed by atoms with Crippen LogP contribution in [-0.2, 0) is 11.2 Å². The van der Waals surface area contributed by atoms with E-state index in [2.05, 4.69) is 15.3 Å². The van der Waals surface area contributed by atoms with Crippen molar-refractivity contribution >= 4 is 17.2 Å². The molecule has 0 spiro atoms. The minimum absolute atomic E-state index is 0.0856. The van der Waals surface area contributed by atoms with E-state index in [9.17, 15) is 9.59 Å². The SMILES string of the molecule is Cc1n[nH]c(C)c1CCC(=O)N1CCC[C@H](n2nc(-c3cccs3)ccc2=O)C1. The summed E-state index contributed by atoms with van der Waals surface area (Å²) in [5.41, 5.74) is 3.78. The summed E-state index contributed by atoms with van der Waals surface area (Å²) in [6, 6.07) is 7.23. The number of carbonyl (C=O) groups is 1. The summed E-state index contributed by atoms with van der Waals surface area (Å²) in [4.78, 5) is 28.2. The standard InChI is InChI=1S/C21H25N5O2S/c1-14-17(15(2)23-22-14)7-9-20(27)25-11-3-5-16(13-25)26-21(28)10-8-18(24-26)19-6-4-12-29-19/h4,6,8,10,12,16H,3,5,7,9,11,13H2,1-2H3,(H,22,23)/t16-/m0/s1. The molecule has 1 aliphatic rings. The monoisotopic (exact) mass is 411 g/mol. The van der Waals surface area contributed by atoms with Gasteiger partial charge in [0, 0.05) is 31.3 Å². The maximum absolute atomic E-state index is 12.8. The van der Waals surface area contributed by atoms with Crippen LogP contribution in [0.15, 0.2) is 34.4 Å². The van der Waals surface area contributed by atoms with Gasteiger partial charge in [-0.3, -0.25) is 14.7 Å². The van der Waals surface area contributed by atoms with Crippen LogP contribution in [0.2, 0.25) is 0 Å². The fraction of sp³-hybridized carbons (Fsp3) is 0.429. The number of amides is 1. The predicted octanol–water partition coefficient (Wildman–Crippen LogP) is 3.11. The second-order valence-electron chi connectivity index (χ2n) is 7.53. The largest absolute Gasteiger partial charge is 0.341 e. The number of aromatic amines is 1. The van der Waals surface area contributed by atoms with E-state index >= 15 is 0 Å². The highest BCUT2D eigenvalue weighted by molar-refractivity contribution is 7.13. The van der Waals surface area contributed by atoms with E-state index < -0.39 is 0 Å². The molecule has 0 aromatic carbocycles. The van der Waals surface area contributed by atoms with E-state index in [1.807, 2.05) is 36.3 Å². The number of nitrogens with one attached hydrogen (secondary N) is 1. The third kappa shape index (κ3) is 4.17. The number of hydrogen-bond acceptors (Lipinski definition) is 5. The lowest BCUT2D eigenvalue weighted by Gasteiger charge is -2.33. The van der Waals surface area contributed by atoms with E-state index in [0.717, 1.165) is 46.9 Å². The van der Waals surface area contributed by atoms with Crippen molar-refractivity contribution in [3.63, 3.8) is 0 Å². The lowest BCUT2D eigenvalue weighted by molar-refractivity contribution is -0.132. The third-order valence-corrected chi connectivity index (χ3v) is 6.46. The van der Waals surface area contributed by atoms with Crippen LogP contribution < -0.4 is 5.56 Å². The summed E-state index contributed by atoms with van der Waals surface area (Å²) in [7, 11) is 0. The average molecular weight is 412 g/mol. The van der Waals surface area contributed by atoms with Crippen molar-refractivity contribution in [3.05, 3.63) is 57.0 Å². The van der Waals surface area contributed by atoms with E-state index in [1.54, 1.807) is 28.2 Å². The number of nitrogens with zero attached hydrogens (tertiary/aromatic N) is 4. The zero-order valence-electron chi connectivity index (χ0n) is 16.7. The van der Waals surface area contributed by atoms with E-state index in [4.69, 9.17) is 0 Å². The average Bonchev–Trinajstić information content (AvgIpc) is 3.37. The van der Waals surface area contributed by atoms with Gasteiger partial charge in [-0.2, -0.15) is 10.2 Å². The molecule has 0 saturated carbocycles. The highest BCUT2D eigenvalue weighted by Gasteiger charge is 2.26. The minimum Gasteiger partial charge on any atom is -0.341 e. The predicted molar refractivity (Wildman–Crippen MR) is 113 cm³/mol. The molecule has 7 nitrogen and oxygen atoms in total. The van der Waals surface area contributed by atoms with Crippen LogP contribution in [0, 0.1) is 13.8 Å². The Morgan fingerprint density at radius 2 is 2.17 bits per heavy atom. The maximum atomic E-state index is 12.8. The number of rotatable bonds is 5. The van der Waals surface area contributed by atoms with Crippen molar-refractivity contribution < 1.29 is 4.79 Å². The topological polar surface area (TPSA) is 83.9 Å². The first-order valence-electron chi connectivity index (χ1n) is 9.95. The van der Waals surface area contributed by atoms with Crippen molar-refractivity contribution in [3.8, 4) is 10.6 Å². The van der Waals surface area contributed by atoms with Gasteiger partial charge in [-0.15, -0.1) is 11.3 Å². The molecule has 0 radical (unpaired) electrons. The van der Waals surface area contributed by atoms with Crippen molar-refractivity contribution in [2.75, 3.05) is 13.1 Å². The molecular weight excluding hydrogens is 386 g/mol. The number of H-pyrrole nitrogens is 1. The summed E-state index contributed by atoms with van der Waals surface area (Å²) >= 11 is 1.60. The van der Waals surface area contributed by atoms with Crippen LogP contribution in [0.1, 0.15) is 42.3 Å². The number of aromatic nitrogens is 4. The van der Waals surface area contributed by atoms with E-state index in [1.165, 1.54) is 0 Å². The second kappa shape index (κ2) is 8.32. The molecule has 0 aliphatic carbocycles. The number of thiophene rings is 1. The van der Waals surface area contributed by atoms with Gasteiger partial charge in [-0.1, -0.05) is 6.07 Å². The molecule has 29 heavy (non-hydrogen) atoms. The number of hydrogen-bond donors (Lipinski definition) is 1. The van der Waals surface area contributed by atoms with E-state index in [-0.39, 0.29) is 17.5 Å². The quantitative estimate of drug-likeness (QED) is 0.699. The molecule has 3 aromatic rings. The highest BCUT2D eigenvalue weighted by atomic mass is 32.1. The number of aryl methyl sites for hydroxylation is 2. The summed E-state index contributed by atoms with van der Waals surface area (Å²) in [6.07, 6.45) is 2.85. The van der Waals surface area contributed by atoms with Crippen LogP contribution in [-0.4, -0.2) is 43.9 Å². The normalized spacial score (nSPS) is 16.9. The van der Waals surface area contributed by atoms with Gasteiger partial charge >= 0.3 is 0 Å². The molecule has 4 heterocycles. The molecule has 1 saturated heterocycles. The molecule has 1 atom stereocenters. The van der Waals surface area contributed by atoms with Gasteiger partial charge in [0.2, 0.25) is 5.91 Å². The van der Waals surface area contributed by atoms with Gasteiger partial charge < -0.3 is 4.90 Å². The first-order chi connectivity index (χ1) is 14.0. The summed E-state index contributed by atoms with van der Waals surface area (Å²) < 4.78 is 1.57.